The second-order valence-electron chi connectivity index (χ2n) is 2.89. The van der Waals surface area contributed by atoms with Crippen molar-refractivity contribution >= 4 is 0 Å². The van der Waals surface area contributed by atoms with E-state index in [0.29, 0.717) is 0 Å². The van der Waals surface area contributed by atoms with Gasteiger partial charge in [0.25, 0.3) is 0 Å². The Hall–Kier alpha value is 7.82. The molecule has 0 aromatic heterocycles. The van der Waals surface area contributed by atoms with Gasteiger partial charge in [0.2, 0.25) is 0 Å². The fourth-order valence-corrected chi connectivity index (χ4v) is 0. The van der Waals surface area contributed by atoms with E-state index in [1.807, 2.05) is 0 Å². The normalized spacial score (nSPS) is 9.23. The molecule has 0 heterocycles. The average Bonchev–Trinajstić information content (AvgIpc) is 1.94. The van der Waals surface area contributed by atoms with E-state index in [1.165, 1.54) is 0 Å². The van der Waals surface area contributed by atoms with Gasteiger partial charge in [-0.05, 0) is 0 Å². The van der Waals surface area contributed by atoms with E-state index in [0.717, 1.165) is 0 Å². The van der Waals surface area contributed by atoms with Crippen LogP contribution in [0.15, 0.2) is 0 Å². The molecule has 0 aromatic rings. The Bertz CT molecular complexity index is 258. The third-order valence-corrected chi connectivity index (χ3v) is 0. The van der Waals surface area contributed by atoms with Crippen molar-refractivity contribution < 1.29 is 348 Å². The van der Waals surface area contributed by atoms with E-state index in [1.54, 1.807) is 0 Å². The van der Waals surface area contributed by atoms with Crippen LogP contribution in [0.5, 0.6) is 0 Å². The molecule has 0 amide bonds. The molecule has 0 atom stereocenters. The van der Waals surface area contributed by atoms with E-state index < -0.39 is 110 Å². The topological polar surface area (TPSA) is 415 Å². The molecule has 0 aliphatic carbocycles. The Morgan fingerprint density at radius 2 is 0.179 bits per heavy atom. The second kappa shape index (κ2) is 47.9. The SMILES string of the molecule is [Mn+2].[Mn+2].[Mn+2].[Mn+2].[Mn+2].[Mn+2].[Mn+2].[Mn+2].[Mn+2].[O-][Ti]([O-])([O-])[F].[O-][Ti]([O-])([O-])[F].[O-][Ti]([O-])([O-])[F].[O-][Ti]([O-])([O-])[F].[O-][Ti]([O-])([O-])[F].[O-][Ti]([O-])([O-])[F]. The molecule has 39 heteroatoms. The van der Waals surface area contributed by atoms with E-state index in [4.69, 9.17) is 66.4 Å². The van der Waals surface area contributed by atoms with Crippen LogP contribution in [0.2, 0.25) is 0 Å². The van der Waals surface area contributed by atoms with Crippen LogP contribution in [0, 0.1) is 0 Å². The van der Waals surface area contributed by atoms with Gasteiger partial charge in [-0.2, -0.15) is 0 Å². The van der Waals surface area contributed by atoms with Crippen molar-refractivity contribution in [1.82, 2.24) is 0 Å². The van der Waals surface area contributed by atoms with Crippen molar-refractivity contribution in [3.8, 4) is 0 Å². The molecular formula is F6Mn9O18Ti6. The van der Waals surface area contributed by atoms with E-state index in [-0.39, 0.29) is 154 Å². The predicted octanol–water partition coefficient (Wildman–Crippen LogP) is -18.9. The summed E-state index contributed by atoms with van der Waals surface area (Å²) in [6, 6.07) is 0. The van der Waals surface area contributed by atoms with Crippen molar-refractivity contribution in [1.29, 1.82) is 0 Å². The molecule has 0 N–H and O–H groups in total. The molecule has 0 aliphatic rings. The number of hydrogen-bond donors (Lipinski definition) is 0. The molecule has 0 saturated carbocycles. The summed E-state index contributed by atoms with van der Waals surface area (Å²) in [5, 5.41) is 0. The van der Waals surface area contributed by atoms with Crippen molar-refractivity contribution in [3.63, 3.8) is 0 Å². The van der Waals surface area contributed by atoms with Crippen LogP contribution in [0.3, 0.4) is 0 Å². The molecule has 0 rings (SSSR count). The third kappa shape index (κ3) is 1440. The summed E-state index contributed by atoms with van der Waals surface area (Å²) in [7, 11) is 0. The third-order valence-electron chi connectivity index (χ3n) is 0. The first-order chi connectivity index (χ1) is 12.0. The summed E-state index contributed by atoms with van der Waals surface area (Å²) in [4.78, 5) is 0. The average molecular weight is 1180 g/mol. The summed E-state index contributed by atoms with van der Waals surface area (Å²) < 4.78 is 214. The molecule has 39 heavy (non-hydrogen) atoms. The van der Waals surface area contributed by atoms with Gasteiger partial charge in [-0.1, -0.05) is 0 Å². The Labute approximate surface area is 341 Å². The van der Waals surface area contributed by atoms with Gasteiger partial charge in [-0.25, -0.2) is 0 Å². The van der Waals surface area contributed by atoms with Crippen molar-refractivity contribution in [3.05, 3.63) is 0 Å². The fraction of sp³-hybridized carbons (Fsp3) is 0. The maximum atomic E-state index is 10.2. The van der Waals surface area contributed by atoms with Crippen molar-refractivity contribution in [2.45, 2.75) is 0 Å². The van der Waals surface area contributed by atoms with Gasteiger partial charge in [0.1, 0.15) is 0 Å². The zero-order valence-corrected chi connectivity index (χ0v) is 36.0. The molecule has 0 bridgehead atoms. The maximum absolute atomic E-state index is 10.2. The number of rotatable bonds is 0. The predicted molar refractivity (Wildman–Crippen MR) is 6.65 cm³/mol. The van der Waals surface area contributed by atoms with Crippen LogP contribution in [-0.4, -0.2) is 0 Å². The molecule has 0 saturated heterocycles. The zero-order valence-electron chi connectivity index (χ0n) is 16.0. The summed E-state index contributed by atoms with van der Waals surface area (Å²) in [6.07, 6.45) is 0. The number of hydrogen-bond acceptors (Lipinski definition) is 18. The Morgan fingerprint density at radius 1 is 0.179 bits per heavy atom. The Balaban J connectivity index is -0.0000000130. The second-order valence-corrected chi connectivity index (χ2v) is 11.9. The van der Waals surface area contributed by atoms with E-state index >= 15 is 0 Å². The van der Waals surface area contributed by atoms with Gasteiger partial charge in [0.15, 0.2) is 0 Å². The fourth-order valence-electron chi connectivity index (χ4n) is 0. The zero-order chi connectivity index (χ0) is 27.0. The number of halogens is 6. The van der Waals surface area contributed by atoms with Crippen LogP contribution in [0.1, 0.15) is 0 Å². The minimum absolute atomic E-state index is 0. The molecule has 18 nitrogen and oxygen atoms in total. The molecule has 237 valence electrons. The molecule has 0 aromatic carbocycles. The Kier molecular flexibility index (Phi) is 119. The van der Waals surface area contributed by atoms with Gasteiger partial charge in [-0.3, -0.25) is 0 Å². The summed E-state index contributed by atoms with van der Waals surface area (Å²) in [5.41, 5.74) is 0. The molecule has 0 spiro atoms. The standard InChI is InChI=1S/6FH.9Mn.18O.6Ti/h6*1H;;;;;;;;;;;;;;;;;;;;;;;;;;;;;;;;;/q;;;;;;9*+2;18*-1;6*+1/p-6. The molecule has 0 fully saturated rings. The van der Waals surface area contributed by atoms with E-state index in [2.05, 4.69) is 0 Å². The summed E-state index contributed by atoms with van der Waals surface area (Å²) in [6.45, 7) is 0. The minimum atomic E-state index is -6.25. The van der Waals surface area contributed by atoms with Gasteiger partial charge >= 0.3 is 348 Å². The monoisotopic (exact) mass is 1180 g/mol. The van der Waals surface area contributed by atoms with Crippen LogP contribution < -0.4 is 66.4 Å². The quantitative estimate of drug-likeness (QED) is 0.161. The first-order valence-electron chi connectivity index (χ1n) is 4.81. The van der Waals surface area contributed by atoms with Crippen LogP contribution in [0.25, 0.3) is 0 Å². The van der Waals surface area contributed by atoms with Crippen LogP contribution in [-0.2, 0) is 263 Å². The first kappa shape index (κ1) is 97.1. The van der Waals surface area contributed by atoms with Gasteiger partial charge in [-0.15, -0.1) is 0 Å². The molecule has 0 aliphatic heterocycles. The first-order valence-corrected chi connectivity index (χ1v) is 19.8. The van der Waals surface area contributed by atoms with Crippen LogP contribution in [0.4, 0.5) is 18.6 Å². The van der Waals surface area contributed by atoms with Gasteiger partial charge in [0, 0.05) is 0 Å². The summed E-state index contributed by atoms with van der Waals surface area (Å²) in [5.74, 6) is 0. The van der Waals surface area contributed by atoms with Crippen LogP contribution >= 0.6 is 0 Å². The molecular weight excluding hydrogens is 1180 g/mol. The molecule has 0 unspecified atom stereocenters. The molecule has 9 radical (unpaired) electrons. The summed E-state index contributed by atoms with van der Waals surface area (Å²) >= 11 is -37.5. The van der Waals surface area contributed by atoms with Crippen molar-refractivity contribution in [2.24, 2.45) is 0 Å². The van der Waals surface area contributed by atoms with Gasteiger partial charge < -0.3 is 0 Å². The van der Waals surface area contributed by atoms with Crippen molar-refractivity contribution in [2.75, 3.05) is 0 Å². The van der Waals surface area contributed by atoms with E-state index in [9.17, 15) is 18.6 Å². The Morgan fingerprint density at radius 3 is 0.179 bits per heavy atom. The van der Waals surface area contributed by atoms with Gasteiger partial charge in [0.05, 0.1) is 0 Å².